The van der Waals surface area contributed by atoms with Crippen LogP contribution in [-0.4, -0.2) is 0 Å². The summed E-state index contributed by atoms with van der Waals surface area (Å²) in [5.41, 5.74) is 11.1. The third kappa shape index (κ3) is 3.89. The van der Waals surface area contributed by atoms with Crippen LogP contribution in [0, 0.1) is 5.92 Å². The van der Waals surface area contributed by atoms with Crippen LogP contribution in [0.25, 0.3) is 17.2 Å². The topological polar surface area (TPSA) is 0 Å². The first-order chi connectivity index (χ1) is 14.2. The molecule has 142 valence electrons. The van der Waals surface area contributed by atoms with Gasteiger partial charge in [0.15, 0.2) is 0 Å². The average Bonchev–Trinajstić information content (AvgIpc) is 3.39. The molecule has 5 rings (SSSR count). The number of fused-ring (bicyclic) bond motifs is 1. The first kappa shape index (κ1) is 17.9. The van der Waals surface area contributed by atoms with E-state index in [1.54, 1.807) is 0 Å². The number of allylic oxidation sites excluding steroid dienone is 5. The van der Waals surface area contributed by atoms with Crippen molar-refractivity contribution in [2.75, 3.05) is 0 Å². The maximum atomic E-state index is 2.38. The number of aryl methyl sites for hydroxylation is 2. The highest BCUT2D eigenvalue weighted by atomic mass is 14.2. The van der Waals surface area contributed by atoms with Gasteiger partial charge in [0, 0.05) is 0 Å². The van der Waals surface area contributed by atoms with E-state index < -0.39 is 0 Å². The Kier molecular flexibility index (Phi) is 4.77. The Labute approximate surface area is 173 Å². The monoisotopic (exact) mass is 374 g/mol. The van der Waals surface area contributed by atoms with Gasteiger partial charge in [0.2, 0.25) is 0 Å². The summed E-state index contributed by atoms with van der Waals surface area (Å²) in [4.78, 5) is 0. The van der Waals surface area contributed by atoms with Crippen LogP contribution in [0.3, 0.4) is 0 Å². The van der Waals surface area contributed by atoms with Crippen molar-refractivity contribution in [2.45, 2.75) is 26.2 Å². The molecule has 0 nitrogen and oxygen atoms in total. The van der Waals surface area contributed by atoms with Gasteiger partial charge in [-0.3, -0.25) is 0 Å². The molecule has 0 aromatic heterocycles. The third-order valence-electron chi connectivity index (χ3n) is 6.08. The van der Waals surface area contributed by atoms with Crippen molar-refractivity contribution < 1.29 is 0 Å². The number of benzene rings is 3. The summed E-state index contributed by atoms with van der Waals surface area (Å²) in [6, 6.07) is 26.9. The second kappa shape index (κ2) is 7.72. The van der Waals surface area contributed by atoms with Crippen molar-refractivity contribution in [1.29, 1.82) is 0 Å². The number of rotatable bonds is 5. The van der Waals surface area contributed by atoms with E-state index in [1.807, 2.05) is 0 Å². The summed E-state index contributed by atoms with van der Waals surface area (Å²) in [6.07, 6.45) is 12.4. The second-order valence-electron chi connectivity index (χ2n) is 8.28. The van der Waals surface area contributed by atoms with Crippen LogP contribution in [0.4, 0.5) is 0 Å². The molecule has 0 heteroatoms. The first-order valence-electron chi connectivity index (χ1n) is 10.6. The van der Waals surface area contributed by atoms with E-state index in [0.717, 1.165) is 19.3 Å². The second-order valence-corrected chi connectivity index (χ2v) is 8.28. The largest absolute Gasteiger partial charge is 0.0773 e. The van der Waals surface area contributed by atoms with E-state index in [-0.39, 0.29) is 0 Å². The molecule has 0 heterocycles. The van der Waals surface area contributed by atoms with Crippen molar-refractivity contribution in [3.05, 3.63) is 124 Å². The normalized spacial score (nSPS) is 17.2. The van der Waals surface area contributed by atoms with Gasteiger partial charge in [0.1, 0.15) is 0 Å². The summed E-state index contributed by atoms with van der Waals surface area (Å²) in [5.74, 6) is 0.556. The van der Waals surface area contributed by atoms with E-state index in [9.17, 15) is 0 Å². The van der Waals surface area contributed by atoms with Crippen LogP contribution in [0.5, 0.6) is 0 Å². The zero-order chi connectivity index (χ0) is 19.6. The predicted octanol–water partition coefficient (Wildman–Crippen LogP) is 7.16. The Hall–Kier alpha value is -3.12. The molecular weight excluding hydrogens is 348 g/mol. The van der Waals surface area contributed by atoms with Crippen LogP contribution < -0.4 is 0 Å². The molecule has 2 aliphatic rings. The lowest BCUT2D eigenvalue weighted by Gasteiger charge is -2.07. The van der Waals surface area contributed by atoms with Crippen LogP contribution >= 0.6 is 0 Å². The van der Waals surface area contributed by atoms with E-state index in [2.05, 4.69) is 104 Å². The van der Waals surface area contributed by atoms with Gasteiger partial charge in [-0.2, -0.15) is 0 Å². The van der Waals surface area contributed by atoms with Crippen molar-refractivity contribution in [3.63, 3.8) is 0 Å². The lowest BCUT2D eigenvalue weighted by molar-refractivity contribution is 0.957. The molecular formula is C29H26. The Balaban J connectivity index is 1.26. The minimum Gasteiger partial charge on any atom is -0.0773 e. The number of hydrogen-bond donors (Lipinski definition) is 0. The van der Waals surface area contributed by atoms with Crippen LogP contribution in [0.15, 0.2) is 91.0 Å². The van der Waals surface area contributed by atoms with Gasteiger partial charge in [-0.05, 0) is 69.7 Å². The summed E-state index contributed by atoms with van der Waals surface area (Å²) in [7, 11) is 0. The Bertz CT molecular complexity index is 1110. The number of hydrogen-bond acceptors (Lipinski definition) is 0. The standard InChI is InChI=1S/C29H26/c1-21-7-13-26(17-21)25-14-10-22(11-15-25)8-9-23-12-16-27-19-29(20-28(27)18-23)24-5-3-2-4-6-24/h2-7,10-18,20-21H,8-9,19H2,1H3. The zero-order valence-electron chi connectivity index (χ0n) is 16.9. The summed E-state index contributed by atoms with van der Waals surface area (Å²) in [5, 5.41) is 0. The van der Waals surface area contributed by atoms with E-state index in [1.165, 1.54) is 44.5 Å². The molecule has 0 saturated heterocycles. The quantitative estimate of drug-likeness (QED) is 0.444. The summed E-state index contributed by atoms with van der Waals surface area (Å²) < 4.78 is 0. The zero-order valence-corrected chi connectivity index (χ0v) is 16.9. The maximum Gasteiger partial charge on any atom is -0.00137 e. The average molecular weight is 375 g/mol. The van der Waals surface area contributed by atoms with Gasteiger partial charge in [-0.25, -0.2) is 0 Å². The van der Waals surface area contributed by atoms with Crippen molar-refractivity contribution in [3.8, 4) is 0 Å². The highest BCUT2D eigenvalue weighted by Gasteiger charge is 2.14. The third-order valence-corrected chi connectivity index (χ3v) is 6.08. The van der Waals surface area contributed by atoms with Crippen LogP contribution in [0.1, 0.15) is 40.3 Å². The molecule has 0 aliphatic heterocycles. The van der Waals surface area contributed by atoms with Gasteiger partial charge < -0.3 is 0 Å². The fraction of sp³-hybridized carbons (Fsp3) is 0.172. The molecule has 0 amide bonds. The van der Waals surface area contributed by atoms with Crippen molar-refractivity contribution >= 4 is 17.2 Å². The molecule has 3 aromatic rings. The SMILES string of the molecule is CC1C=CC(c2ccc(CCc3ccc4c(c3)C=C(c3ccccc3)C4)cc2)=C1. The Morgan fingerprint density at radius 2 is 1.55 bits per heavy atom. The highest BCUT2D eigenvalue weighted by molar-refractivity contribution is 5.88. The molecule has 0 N–H and O–H groups in total. The van der Waals surface area contributed by atoms with E-state index >= 15 is 0 Å². The summed E-state index contributed by atoms with van der Waals surface area (Å²) >= 11 is 0. The van der Waals surface area contributed by atoms with Gasteiger partial charge in [0.25, 0.3) is 0 Å². The molecule has 3 aromatic carbocycles. The molecule has 0 saturated carbocycles. The van der Waals surface area contributed by atoms with Crippen molar-refractivity contribution in [1.82, 2.24) is 0 Å². The van der Waals surface area contributed by atoms with E-state index in [4.69, 9.17) is 0 Å². The summed E-state index contributed by atoms with van der Waals surface area (Å²) in [6.45, 7) is 2.23. The predicted molar refractivity (Wildman–Crippen MR) is 125 cm³/mol. The molecule has 0 fully saturated rings. The van der Waals surface area contributed by atoms with Crippen LogP contribution in [-0.2, 0) is 19.3 Å². The van der Waals surface area contributed by atoms with Gasteiger partial charge in [0.05, 0.1) is 0 Å². The Morgan fingerprint density at radius 3 is 2.31 bits per heavy atom. The fourth-order valence-corrected chi connectivity index (χ4v) is 4.37. The van der Waals surface area contributed by atoms with Gasteiger partial charge in [-0.15, -0.1) is 0 Å². The molecule has 1 unspecified atom stereocenters. The first-order valence-corrected chi connectivity index (χ1v) is 10.6. The van der Waals surface area contributed by atoms with Crippen LogP contribution in [0.2, 0.25) is 0 Å². The molecule has 2 aliphatic carbocycles. The molecule has 0 spiro atoms. The van der Waals surface area contributed by atoms with E-state index in [0.29, 0.717) is 5.92 Å². The van der Waals surface area contributed by atoms with Gasteiger partial charge in [-0.1, -0.05) is 104 Å². The minimum atomic E-state index is 0.556. The van der Waals surface area contributed by atoms with Crippen molar-refractivity contribution in [2.24, 2.45) is 5.92 Å². The molecule has 29 heavy (non-hydrogen) atoms. The van der Waals surface area contributed by atoms with Gasteiger partial charge >= 0.3 is 0 Å². The fourth-order valence-electron chi connectivity index (χ4n) is 4.37. The molecule has 1 atom stereocenters. The molecule has 0 radical (unpaired) electrons. The maximum absolute atomic E-state index is 2.38. The smallest absolute Gasteiger partial charge is 0.00137 e. The lowest BCUT2D eigenvalue weighted by Crippen LogP contribution is -1.93. The Morgan fingerprint density at radius 1 is 0.793 bits per heavy atom. The minimum absolute atomic E-state index is 0.556. The lowest BCUT2D eigenvalue weighted by atomic mass is 9.98. The molecule has 0 bridgehead atoms. The highest BCUT2D eigenvalue weighted by Crippen LogP contribution is 2.32.